The second kappa shape index (κ2) is 8.83. The average molecular weight is 447 g/mol. The molecule has 0 fully saturated rings. The number of benzene rings is 2. The molecule has 0 heterocycles. The Hall–Kier alpha value is -1.64. The van der Waals surface area contributed by atoms with Crippen LogP contribution in [0.5, 0.6) is 11.5 Å². The lowest BCUT2D eigenvalue weighted by Crippen LogP contribution is -2.19. The lowest BCUT2D eigenvalue weighted by Gasteiger charge is -2.03. The van der Waals surface area contributed by atoms with Gasteiger partial charge in [0.2, 0.25) is 0 Å². The van der Waals surface area contributed by atoms with Gasteiger partial charge < -0.3 is 20.6 Å². The van der Waals surface area contributed by atoms with E-state index in [9.17, 15) is 16.8 Å². The number of phenolic OH excluding ortho intramolecular Hbond substituents is 2. The summed E-state index contributed by atoms with van der Waals surface area (Å²) in [6, 6.07) is 6.58. The second-order valence-electron chi connectivity index (χ2n) is 4.42. The summed E-state index contributed by atoms with van der Waals surface area (Å²) in [7, 11) is -7.97. The average Bonchev–Trinajstić information content (AvgIpc) is 2.54. The zero-order valence-corrected chi connectivity index (χ0v) is 15.6. The van der Waals surface area contributed by atoms with Gasteiger partial charge in [-0.3, -0.25) is 0 Å². The maximum Gasteiger partial charge on any atom is 0.263 e. The SMILES string of the molecule is O=S(=O)(NO)c1ccc(O)cc1Cl.O=S(=O)(NO)c1ccc(O)cc1Cl. The molecular formula is C12H12Cl2N2O8S2. The lowest BCUT2D eigenvalue weighted by atomic mass is 10.3. The Bertz CT molecular complexity index is 915. The van der Waals surface area contributed by atoms with Crippen molar-refractivity contribution in [3.05, 3.63) is 46.4 Å². The van der Waals surface area contributed by atoms with Gasteiger partial charge in [0.25, 0.3) is 20.0 Å². The number of aromatic hydroxyl groups is 2. The molecule has 2 aromatic rings. The molecule has 0 aliphatic carbocycles. The first-order valence-corrected chi connectivity index (χ1v) is 9.95. The highest BCUT2D eigenvalue weighted by molar-refractivity contribution is 7.89. The monoisotopic (exact) mass is 446 g/mol. The summed E-state index contributed by atoms with van der Waals surface area (Å²) in [5.74, 6) is -0.302. The van der Waals surface area contributed by atoms with Crippen LogP contribution in [0, 0.1) is 0 Å². The highest BCUT2D eigenvalue weighted by Crippen LogP contribution is 2.25. The van der Waals surface area contributed by atoms with Crippen molar-refractivity contribution in [3.8, 4) is 11.5 Å². The minimum atomic E-state index is -3.98. The zero-order valence-electron chi connectivity index (χ0n) is 12.5. The Morgan fingerprint density at radius 1 is 0.692 bits per heavy atom. The first-order chi connectivity index (χ1) is 11.9. The summed E-state index contributed by atoms with van der Waals surface area (Å²) in [4.78, 5) is 1.65. The van der Waals surface area contributed by atoms with Crippen molar-refractivity contribution >= 4 is 43.2 Å². The quantitative estimate of drug-likeness (QED) is 0.382. The van der Waals surface area contributed by atoms with Gasteiger partial charge in [-0.1, -0.05) is 33.0 Å². The Balaban J connectivity index is 0.000000260. The van der Waals surface area contributed by atoms with E-state index in [2.05, 4.69) is 0 Å². The second-order valence-corrected chi connectivity index (χ2v) is 8.49. The minimum absolute atomic E-state index is 0.151. The van der Waals surface area contributed by atoms with Crippen molar-refractivity contribution in [1.82, 2.24) is 9.77 Å². The molecule has 0 aromatic heterocycles. The Kier molecular flexibility index (Phi) is 7.61. The van der Waals surface area contributed by atoms with Gasteiger partial charge >= 0.3 is 0 Å². The van der Waals surface area contributed by atoms with Crippen molar-refractivity contribution in [2.75, 3.05) is 0 Å². The van der Waals surface area contributed by atoms with E-state index in [-0.39, 0.29) is 31.3 Å². The normalized spacial score (nSPS) is 11.5. The smallest absolute Gasteiger partial charge is 0.263 e. The molecule has 14 heteroatoms. The van der Waals surface area contributed by atoms with Crippen LogP contribution in [0.4, 0.5) is 0 Å². The number of sulfonamides is 2. The lowest BCUT2D eigenvalue weighted by molar-refractivity contribution is 0.242. The van der Waals surface area contributed by atoms with Crippen molar-refractivity contribution in [2.45, 2.75) is 9.79 Å². The maximum absolute atomic E-state index is 11.0. The third kappa shape index (κ3) is 5.69. The molecule has 10 nitrogen and oxygen atoms in total. The number of rotatable bonds is 4. The summed E-state index contributed by atoms with van der Waals surface area (Å²) < 4.78 is 44.0. The number of hydrogen-bond donors (Lipinski definition) is 6. The first-order valence-electron chi connectivity index (χ1n) is 6.23. The highest BCUT2D eigenvalue weighted by Gasteiger charge is 2.17. The summed E-state index contributed by atoms with van der Waals surface area (Å²) in [6.07, 6.45) is 0. The van der Waals surface area contributed by atoms with Gasteiger partial charge in [-0.05, 0) is 36.4 Å². The molecule has 0 aliphatic rings. The summed E-state index contributed by atoms with van der Waals surface area (Å²) in [5, 5.41) is 34.1. The molecule has 0 saturated carbocycles. The fraction of sp³-hybridized carbons (Fsp3) is 0. The Morgan fingerprint density at radius 3 is 1.23 bits per heavy atom. The highest BCUT2D eigenvalue weighted by atomic mass is 35.5. The Morgan fingerprint density at radius 2 is 1.00 bits per heavy atom. The van der Waals surface area contributed by atoms with E-state index in [1.54, 1.807) is 0 Å². The van der Waals surface area contributed by atoms with E-state index in [1.165, 1.54) is 0 Å². The number of phenols is 2. The third-order valence-corrected chi connectivity index (χ3v) is 5.85. The summed E-state index contributed by atoms with van der Waals surface area (Å²) >= 11 is 11.0. The third-order valence-electron chi connectivity index (χ3n) is 2.65. The van der Waals surface area contributed by atoms with Gasteiger partial charge in [-0.2, -0.15) is 0 Å². The first kappa shape index (κ1) is 22.4. The molecule has 144 valence electrons. The summed E-state index contributed by atoms with van der Waals surface area (Å²) in [6.45, 7) is 0. The van der Waals surface area contributed by atoms with Gasteiger partial charge in [0.1, 0.15) is 21.3 Å². The molecule has 0 unspecified atom stereocenters. The van der Waals surface area contributed by atoms with Crippen LogP contribution >= 0.6 is 23.2 Å². The van der Waals surface area contributed by atoms with E-state index in [0.29, 0.717) is 0 Å². The van der Waals surface area contributed by atoms with Gasteiger partial charge in [-0.15, -0.1) is 0 Å². The molecule has 0 bridgehead atoms. The maximum atomic E-state index is 11.0. The van der Waals surface area contributed by atoms with Gasteiger partial charge in [0.15, 0.2) is 0 Å². The molecule has 0 radical (unpaired) electrons. The predicted octanol–water partition coefficient (Wildman–Crippen LogP) is 1.43. The molecular weight excluding hydrogens is 435 g/mol. The van der Waals surface area contributed by atoms with E-state index in [4.69, 9.17) is 43.8 Å². The van der Waals surface area contributed by atoms with Crippen LogP contribution in [-0.4, -0.2) is 37.5 Å². The molecule has 0 amide bonds. The molecule has 0 aliphatic heterocycles. The van der Waals surface area contributed by atoms with Crippen LogP contribution in [0.1, 0.15) is 0 Å². The molecule has 0 saturated heterocycles. The standard InChI is InChI=1S/2C6H6ClNO4S/c2*7-5-3-4(9)1-2-6(5)13(11,12)8-10/h2*1-3,8-10H. The van der Waals surface area contributed by atoms with Crippen LogP contribution < -0.4 is 9.77 Å². The number of halogens is 2. The van der Waals surface area contributed by atoms with E-state index in [0.717, 1.165) is 46.2 Å². The van der Waals surface area contributed by atoms with Gasteiger partial charge in [0, 0.05) is 0 Å². The predicted molar refractivity (Wildman–Crippen MR) is 90.4 cm³/mol. The van der Waals surface area contributed by atoms with Crippen molar-refractivity contribution in [1.29, 1.82) is 0 Å². The fourth-order valence-electron chi connectivity index (χ4n) is 1.51. The molecule has 26 heavy (non-hydrogen) atoms. The molecule has 6 N–H and O–H groups in total. The summed E-state index contributed by atoms with van der Waals surface area (Å²) in [5.41, 5.74) is 0. The van der Waals surface area contributed by atoms with E-state index >= 15 is 0 Å². The Labute approximate surface area is 158 Å². The van der Waals surface area contributed by atoms with Crippen LogP contribution in [0.2, 0.25) is 10.0 Å². The molecule has 2 rings (SSSR count). The zero-order chi connectivity index (χ0) is 20.1. The number of nitrogens with one attached hydrogen (secondary N) is 2. The van der Waals surface area contributed by atoms with Crippen LogP contribution in [0.25, 0.3) is 0 Å². The van der Waals surface area contributed by atoms with Crippen LogP contribution in [0.15, 0.2) is 46.2 Å². The number of hydrogen-bond acceptors (Lipinski definition) is 8. The van der Waals surface area contributed by atoms with E-state index in [1.807, 2.05) is 0 Å². The van der Waals surface area contributed by atoms with Gasteiger partial charge in [0.05, 0.1) is 10.0 Å². The molecule has 0 spiro atoms. The van der Waals surface area contributed by atoms with Crippen molar-refractivity contribution < 1.29 is 37.5 Å². The van der Waals surface area contributed by atoms with Crippen molar-refractivity contribution in [2.24, 2.45) is 0 Å². The van der Waals surface area contributed by atoms with Gasteiger partial charge in [-0.25, -0.2) is 16.8 Å². The fourth-order valence-corrected chi connectivity index (χ4v) is 3.80. The topological polar surface area (TPSA) is 173 Å². The molecule has 0 atom stereocenters. The van der Waals surface area contributed by atoms with Crippen molar-refractivity contribution in [3.63, 3.8) is 0 Å². The molecule has 2 aromatic carbocycles. The minimum Gasteiger partial charge on any atom is -0.508 e. The van der Waals surface area contributed by atoms with E-state index < -0.39 is 20.0 Å². The van der Waals surface area contributed by atoms with Crippen LogP contribution in [0.3, 0.4) is 0 Å². The van der Waals surface area contributed by atoms with Crippen LogP contribution in [-0.2, 0) is 20.0 Å². The largest absolute Gasteiger partial charge is 0.508 e.